The second-order valence-electron chi connectivity index (χ2n) is 5.12. The Morgan fingerprint density at radius 1 is 1.43 bits per heavy atom. The Labute approximate surface area is 136 Å². The van der Waals surface area contributed by atoms with Crippen molar-refractivity contribution in [1.29, 1.82) is 0 Å². The van der Waals surface area contributed by atoms with Crippen molar-refractivity contribution in [2.75, 3.05) is 12.3 Å². The first kappa shape index (κ1) is 16.8. The highest BCUT2D eigenvalue weighted by molar-refractivity contribution is 5.93. The summed E-state index contributed by atoms with van der Waals surface area (Å²) in [5.41, 5.74) is 7.58. The Morgan fingerprint density at radius 3 is 2.87 bits per heavy atom. The number of amides is 1. The number of carbonyl (C=O) groups excluding carboxylic acids is 1. The van der Waals surface area contributed by atoms with E-state index < -0.39 is 0 Å². The van der Waals surface area contributed by atoms with E-state index >= 15 is 0 Å². The third kappa shape index (κ3) is 3.00. The summed E-state index contributed by atoms with van der Waals surface area (Å²) in [5, 5.41) is 0. The number of hydrogen-bond donors (Lipinski definition) is 1. The van der Waals surface area contributed by atoms with E-state index in [1.54, 1.807) is 18.0 Å². The highest BCUT2D eigenvalue weighted by Crippen LogP contribution is 2.33. The average molecular weight is 313 g/mol. The molecule has 3 rings (SSSR count). The summed E-state index contributed by atoms with van der Waals surface area (Å²) in [6.45, 7) is 8.29. The summed E-state index contributed by atoms with van der Waals surface area (Å²) in [5.74, 6) is 6.43. The molecule has 1 unspecified atom stereocenters. The Morgan fingerprint density at radius 2 is 2.17 bits per heavy atom. The lowest BCUT2D eigenvalue weighted by molar-refractivity contribution is -0.126. The molecule has 3 heterocycles. The van der Waals surface area contributed by atoms with E-state index in [9.17, 15) is 4.79 Å². The highest BCUT2D eigenvalue weighted by atomic mass is 16.2. The van der Waals surface area contributed by atoms with Crippen molar-refractivity contribution in [2.24, 2.45) is 0 Å². The van der Waals surface area contributed by atoms with Crippen LogP contribution in [-0.4, -0.2) is 31.7 Å². The van der Waals surface area contributed by atoms with Crippen LogP contribution in [-0.2, 0) is 4.79 Å². The summed E-state index contributed by atoms with van der Waals surface area (Å²) >= 11 is 0. The SMILES string of the molecule is CC.CC#CC(=O)N1CCCC1c1nc(C)c2c(N)nccn12. The van der Waals surface area contributed by atoms with Gasteiger partial charge in [-0.25, -0.2) is 9.97 Å². The number of hydrogen-bond acceptors (Lipinski definition) is 4. The molecular formula is C17H23N5O. The van der Waals surface area contributed by atoms with Crippen LogP contribution in [0.15, 0.2) is 12.4 Å². The molecule has 1 aliphatic rings. The predicted octanol–water partition coefficient (Wildman–Crippen LogP) is 2.33. The summed E-state index contributed by atoms with van der Waals surface area (Å²) < 4.78 is 1.94. The topological polar surface area (TPSA) is 76.5 Å². The van der Waals surface area contributed by atoms with Crippen molar-refractivity contribution in [2.45, 2.75) is 46.6 Å². The Bertz CT molecular complexity index is 768. The molecule has 1 fully saturated rings. The Hall–Kier alpha value is -2.55. The lowest BCUT2D eigenvalue weighted by Crippen LogP contribution is -2.30. The van der Waals surface area contributed by atoms with Gasteiger partial charge in [-0.3, -0.25) is 9.20 Å². The van der Waals surface area contributed by atoms with E-state index in [1.807, 2.05) is 31.4 Å². The number of nitrogens with zero attached hydrogens (tertiary/aromatic N) is 4. The lowest BCUT2D eigenvalue weighted by atomic mass is 10.2. The van der Waals surface area contributed by atoms with Gasteiger partial charge in [0.15, 0.2) is 0 Å². The number of carbonyl (C=O) groups is 1. The number of aryl methyl sites for hydroxylation is 1. The number of nitrogens with two attached hydrogens (primary N) is 1. The maximum atomic E-state index is 12.1. The van der Waals surface area contributed by atoms with E-state index in [-0.39, 0.29) is 11.9 Å². The van der Waals surface area contributed by atoms with Crippen LogP contribution >= 0.6 is 0 Å². The van der Waals surface area contributed by atoms with Crippen LogP contribution in [0.1, 0.15) is 51.2 Å². The first-order valence-corrected chi connectivity index (χ1v) is 7.96. The number of rotatable bonds is 1. The van der Waals surface area contributed by atoms with Gasteiger partial charge in [0, 0.05) is 18.9 Å². The molecule has 1 aliphatic heterocycles. The van der Waals surface area contributed by atoms with Crippen molar-refractivity contribution in [3.8, 4) is 11.8 Å². The number of fused-ring (bicyclic) bond motifs is 1. The first-order valence-electron chi connectivity index (χ1n) is 7.96. The van der Waals surface area contributed by atoms with Crippen molar-refractivity contribution in [3.63, 3.8) is 0 Å². The van der Waals surface area contributed by atoms with Gasteiger partial charge >= 0.3 is 0 Å². The largest absolute Gasteiger partial charge is 0.382 e. The zero-order valence-corrected chi connectivity index (χ0v) is 14.1. The fourth-order valence-electron chi connectivity index (χ4n) is 2.96. The van der Waals surface area contributed by atoms with Crippen LogP contribution in [0.25, 0.3) is 5.52 Å². The molecule has 0 saturated carbocycles. The summed E-state index contributed by atoms with van der Waals surface area (Å²) in [6.07, 6.45) is 5.33. The molecule has 1 saturated heterocycles. The maximum absolute atomic E-state index is 12.1. The number of likely N-dealkylation sites (tertiary alicyclic amines) is 1. The Kier molecular flexibility index (Phi) is 5.22. The fraction of sp³-hybridized carbons (Fsp3) is 0.471. The average Bonchev–Trinajstić information content (AvgIpc) is 3.15. The molecule has 1 amide bonds. The molecule has 6 nitrogen and oxygen atoms in total. The second kappa shape index (κ2) is 7.14. The van der Waals surface area contributed by atoms with E-state index in [0.29, 0.717) is 12.4 Å². The minimum Gasteiger partial charge on any atom is -0.382 e. The molecule has 2 aromatic rings. The molecule has 0 bridgehead atoms. The van der Waals surface area contributed by atoms with Crippen LogP contribution in [0.2, 0.25) is 0 Å². The van der Waals surface area contributed by atoms with E-state index in [4.69, 9.17) is 5.73 Å². The van der Waals surface area contributed by atoms with Crippen molar-refractivity contribution < 1.29 is 4.79 Å². The number of anilines is 1. The highest BCUT2D eigenvalue weighted by Gasteiger charge is 2.32. The molecule has 0 radical (unpaired) electrons. The smallest absolute Gasteiger partial charge is 0.299 e. The Balaban J connectivity index is 0.000000924. The van der Waals surface area contributed by atoms with Gasteiger partial charge in [0.25, 0.3) is 5.91 Å². The van der Waals surface area contributed by atoms with Crippen LogP contribution in [0.4, 0.5) is 5.82 Å². The monoisotopic (exact) mass is 313 g/mol. The first-order chi connectivity index (χ1) is 11.1. The summed E-state index contributed by atoms with van der Waals surface area (Å²) in [6, 6.07) is -0.0543. The van der Waals surface area contributed by atoms with Gasteiger partial charge in [0.2, 0.25) is 0 Å². The number of imidazole rings is 1. The molecule has 0 aliphatic carbocycles. The molecule has 0 aromatic carbocycles. The van der Waals surface area contributed by atoms with E-state index in [0.717, 1.165) is 29.9 Å². The van der Waals surface area contributed by atoms with Crippen molar-refractivity contribution >= 4 is 17.2 Å². The van der Waals surface area contributed by atoms with Crippen molar-refractivity contribution in [3.05, 3.63) is 23.9 Å². The minimum atomic E-state index is -0.142. The van der Waals surface area contributed by atoms with Gasteiger partial charge in [-0.1, -0.05) is 19.8 Å². The standard InChI is InChI=1S/C15H17N5O.C2H6/c1-3-5-12(21)19-8-4-6-11(19)15-18-10(2)13-14(16)17-7-9-20(13)15;1-2/h7,9,11H,4,6,8H2,1-2H3,(H2,16,17);1-2H3. The number of aromatic nitrogens is 3. The lowest BCUT2D eigenvalue weighted by Gasteiger charge is -2.21. The molecule has 23 heavy (non-hydrogen) atoms. The van der Waals surface area contributed by atoms with Crippen LogP contribution in [0.3, 0.4) is 0 Å². The zero-order valence-electron chi connectivity index (χ0n) is 14.1. The predicted molar refractivity (Wildman–Crippen MR) is 90.6 cm³/mol. The van der Waals surface area contributed by atoms with E-state index in [1.165, 1.54) is 0 Å². The molecule has 122 valence electrons. The molecule has 2 N–H and O–H groups in total. The van der Waals surface area contributed by atoms with Gasteiger partial charge in [0.05, 0.1) is 11.7 Å². The van der Waals surface area contributed by atoms with E-state index in [2.05, 4.69) is 21.8 Å². The third-order valence-corrected chi connectivity index (χ3v) is 3.83. The number of nitrogen functional groups attached to an aromatic ring is 1. The molecule has 6 heteroatoms. The zero-order chi connectivity index (χ0) is 17.0. The van der Waals surface area contributed by atoms with Crippen LogP contribution < -0.4 is 5.73 Å². The molecular weight excluding hydrogens is 290 g/mol. The molecule has 2 aromatic heterocycles. The maximum Gasteiger partial charge on any atom is 0.299 e. The van der Waals surface area contributed by atoms with Gasteiger partial charge in [-0.05, 0) is 32.6 Å². The van der Waals surface area contributed by atoms with Gasteiger partial charge in [-0.15, -0.1) is 0 Å². The van der Waals surface area contributed by atoms with Crippen LogP contribution in [0.5, 0.6) is 0 Å². The summed E-state index contributed by atoms with van der Waals surface area (Å²) in [4.78, 5) is 22.6. The fourth-order valence-corrected chi connectivity index (χ4v) is 2.96. The van der Waals surface area contributed by atoms with Crippen LogP contribution in [0, 0.1) is 18.8 Å². The quantitative estimate of drug-likeness (QED) is 0.820. The van der Waals surface area contributed by atoms with Gasteiger partial charge in [-0.2, -0.15) is 0 Å². The minimum absolute atomic E-state index is 0.0543. The normalized spacial score (nSPS) is 16.5. The van der Waals surface area contributed by atoms with Gasteiger partial charge in [0.1, 0.15) is 17.2 Å². The van der Waals surface area contributed by atoms with Crippen molar-refractivity contribution in [1.82, 2.24) is 19.3 Å². The molecule has 1 atom stereocenters. The summed E-state index contributed by atoms with van der Waals surface area (Å²) in [7, 11) is 0. The molecule has 0 spiro atoms. The third-order valence-electron chi connectivity index (χ3n) is 3.83. The van der Waals surface area contributed by atoms with Gasteiger partial charge < -0.3 is 10.6 Å². The second-order valence-corrected chi connectivity index (χ2v) is 5.12.